The van der Waals surface area contributed by atoms with Gasteiger partial charge < -0.3 is 15.4 Å². The molecule has 1 aliphatic rings. The SMILES string of the molecule is CCCOc1ccc(C(CN)N2CCN(C)CC2C)cc1. The molecule has 2 N–H and O–H groups in total. The van der Waals surface area contributed by atoms with Crippen molar-refractivity contribution < 1.29 is 4.74 Å². The normalized spacial score (nSPS) is 22.2. The first-order valence-corrected chi connectivity index (χ1v) is 8.02. The van der Waals surface area contributed by atoms with E-state index in [0.717, 1.165) is 38.4 Å². The third kappa shape index (κ3) is 4.19. The molecule has 1 aromatic carbocycles. The van der Waals surface area contributed by atoms with Gasteiger partial charge in [-0.15, -0.1) is 0 Å². The van der Waals surface area contributed by atoms with Crippen molar-refractivity contribution >= 4 is 0 Å². The molecule has 1 heterocycles. The summed E-state index contributed by atoms with van der Waals surface area (Å²) in [5, 5.41) is 0. The lowest BCUT2D eigenvalue weighted by Crippen LogP contribution is -2.52. The topological polar surface area (TPSA) is 41.7 Å². The van der Waals surface area contributed by atoms with Crippen LogP contribution in [0.5, 0.6) is 5.75 Å². The smallest absolute Gasteiger partial charge is 0.119 e. The van der Waals surface area contributed by atoms with E-state index in [2.05, 4.69) is 55.0 Å². The second kappa shape index (κ2) is 7.78. The van der Waals surface area contributed by atoms with Crippen molar-refractivity contribution in [2.24, 2.45) is 5.73 Å². The standard InChI is InChI=1S/C17H29N3O/c1-4-11-21-16-7-5-15(6-8-16)17(12-18)20-10-9-19(3)13-14(20)2/h5-8,14,17H,4,9-13,18H2,1-3H3. The minimum Gasteiger partial charge on any atom is -0.494 e. The molecule has 0 amide bonds. The largest absolute Gasteiger partial charge is 0.494 e. The molecule has 1 aromatic rings. The Morgan fingerprint density at radius 2 is 2.00 bits per heavy atom. The van der Waals surface area contributed by atoms with Crippen LogP contribution in [0.15, 0.2) is 24.3 Å². The van der Waals surface area contributed by atoms with Crippen LogP contribution in [0.1, 0.15) is 31.9 Å². The van der Waals surface area contributed by atoms with Crippen LogP contribution in [-0.4, -0.2) is 55.7 Å². The molecule has 1 fully saturated rings. The van der Waals surface area contributed by atoms with Gasteiger partial charge in [-0.3, -0.25) is 4.90 Å². The summed E-state index contributed by atoms with van der Waals surface area (Å²) in [4.78, 5) is 4.92. The number of nitrogens with two attached hydrogens (primary N) is 1. The molecular weight excluding hydrogens is 262 g/mol. The van der Waals surface area contributed by atoms with Crippen molar-refractivity contribution in [3.63, 3.8) is 0 Å². The molecule has 0 aliphatic carbocycles. The Bertz CT molecular complexity index is 421. The minimum atomic E-state index is 0.300. The molecule has 2 unspecified atom stereocenters. The summed E-state index contributed by atoms with van der Waals surface area (Å²) in [5.41, 5.74) is 7.35. The van der Waals surface area contributed by atoms with Crippen LogP contribution in [0, 0.1) is 0 Å². The first-order valence-electron chi connectivity index (χ1n) is 8.02. The highest BCUT2D eigenvalue weighted by molar-refractivity contribution is 5.29. The van der Waals surface area contributed by atoms with Crippen molar-refractivity contribution in [1.82, 2.24) is 9.80 Å². The lowest BCUT2D eigenvalue weighted by Gasteiger charge is -2.42. The van der Waals surface area contributed by atoms with Gasteiger partial charge in [0.2, 0.25) is 0 Å². The molecule has 0 radical (unpaired) electrons. The summed E-state index contributed by atoms with van der Waals surface area (Å²) in [7, 11) is 2.19. The molecule has 2 rings (SSSR count). The summed E-state index contributed by atoms with van der Waals surface area (Å²) in [5.74, 6) is 0.947. The first-order chi connectivity index (χ1) is 10.2. The lowest BCUT2D eigenvalue weighted by molar-refractivity contribution is 0.0635. The Morgan fingerprint density at radius 1 is 1.29 bits per heavy atom. The average Bonchev–Trinajstić information content (AvgIpc) is 2.49. The van der Waals surface area contributed by atoms with E-state index in [0.29, 0.717) is 18.6 Å². The van der Waals surface area contributed by atoms with Gasteiger partial charge >= 0.3 is 0 Å². The minimum absolute atomic E-state index is 0.300. The highest BCUT2D eigenvalue weighted by Crippen LogP contribution is 2.26. The molecule has 4 nitrogen and oxygen atoms in total. The van der Waals surface area contributed by atoms with E-state index in [-0.39, 0.29) is 0 Å². The van der Waals surface area contributed by atoms with Crippen LogP contribution >= 0.6 is 0 Å². The number of likely N-dealkylation sites (N-methyl/N-ethyl adjacent to an activating group) is 1. The lowest BCUT2D eigenvalue weighted by atomic mass is 10.0. The molecule has 1 aliphatic heterocycles. The molecule has 1 saturated heterocycles. The zero-order valence-electron chi connectivity index (χ0n) is 13.6. The van der Waals surface area contributed by atoms with Gasteiger partial charge in [-0.1, -0.05) is 19.1 Å². The van der Waals surface area contributed by atoms with Crippen molar-refractivity contribution in [2.45, 2.75) is 32.4 Å². The monoisotopic (exact) mass is 291 g/mol. The second-order valence-electron chi connectivity index (χ2n) is 6.02. The molecule has 2 atom stereocenters. The number of hydrogen-bond donors (Lipinski definition) is 1. The van der Waals surface area contributed by atoms with E-state index < -0.39 is 0 Å². The van der Waals surface area contributed by atoms with Gasteiger partial charge in [-0.25, -0.2) is 0 Å². The number of benzene rings is 1. The van der Waals surface area contributed by atoms with Gasteiger partial charge in [0, 0.05) is 38.3 Å². The molecule has 0 saturated carbocycles. The van der Waals surface area contributed by atoms with E-state index in [1.54, 1.807) is 0 Å². The van der Waals surface area contributed by atoms with E-state index in [1.165, 1.54) is 5.56 Å². The first kappa shape index (κ1) is 16.3. The predicted octanol–water partition coefficient (Wildman–Crippen LogP) is 2.11. The highest BCUT2D eigenvalue weighted by Gasteiger charge is 2.28. The second-order valence-corrected chi connectivity index (χ2v) is 6.02. The highest BCUT2D eigenvalue weighted by atomic mass is 16.5. The van der Waals surface area contributed by atoms with Crippen LogP contribution in [0.25, 0.3) is 0 Å². The fourth-order valence-electron chi connectivity index (χ4n) is 3.09. The Morgan fingerprint density at radius 3 is 2.57 bits per heavy atom. The molecule has 0 spiro atoms. The molecular formula is C17H29N3O. The van der Waals surface area contributed by atoms with E-state index in [4.69, 9.17) is 10.5 Å². The summed E-state index contributed by atoms with van der Waals surface area (Å²) in [6.07, 6.45) is 1.03. The Kier molecular flexibility index (Phi) is 6.03. The van der Waals surface area contributed by atoms with Crippen LogP contribution in [-0.2, 0) is 0 Å². The van der Waals surface area contributed by atoms with Crippen molar-refractivity contribution in [1.29, 1.82) is 0 Å². The number of hydrogen-bond acceptors (Lipinski definition) is 4. The number of rotatable bonds is 6. The van der Waals surface area contributed by atoms with E-state index in [9.17, 15) is 0 Å². The van der Waals surface area contributed by atoms with Crippen LogP contribution in [0.3, 0.4) is 0 Å². The molecule has 118 valence electrons. The predicted molar refractivity (Wildman–Crippen MR) is 87.7 cm³/mol. The summed E-state index contributed by atoms with van der Waals surface area (Å²) in [6, 6.07) is 9.28. The number of piperazine rings is 1. The maximum Gasteiger partial charge on any atom is 0.119 e. The molecule has 4 heteroatoms. The summed E-state index contributed by atoms with van der Waals surface area (Å²) >= 11 is 0. The third-order valence-electron chi connectivity index (χ3n) is 4.24. The van der Waals surface area contributed by atoms with Crippen molar-refractivity contribution in [2.75, 3.05) is 39.8 Å². The Labute approximate surface area is 128 Å². The van der Waals surface area contributed by atoms with Crippen molar-refractivity contribution in [3.8, 4) is 5.75 Å². The van der Waals surface area contributed by atoms with Gasteiger partial charge in [0.25, 0.3) is 0 Å². The quantitative estimate of drug-likeness (QED) is 0.871. The van der Waals surface area contributed by atoms with Crippen molar-refractivity contribution in [3.05, 3.63) is 29.8 Å². The van der Waals surface area contributed by atoms with E-state index >= 15 is 0 Å². The third-order valence-corrected chi connectivity index (χ3v) is 4.24. The van der Waals surface area contributed by atoms with E-state index in [1.807, 2.05) is 0 Å². The Balaban J connectivity index is 2.06. The zero-order chi connectivity index (χ0) is 15.2. The summed E-state index contributed by atoms with van der Waals surface area (Å²) < 4.78 is 5.65. The fraction of sp³-hybridized carbons (Fsp3) is 0.647. The Hall–Kier alpha value is -1.10. The molecule has 21 heavy (non-hydrogen) atoms. The fourth-order valence-corrected chi connectivity index (χ4v) is 3.09. The van der Waals surface area contributed by atoms with Crippen LogP contribution < -0.4 is 10.5 Å². The van der Waals surface area contributed by atoms with Gasteiger partial charge in [-0.2, -0.15) is 0 Å². The molecule has 0 bridgehead atoms. The maximum atomic E-state index is 6.06. The average molecular weight is 291 g/mol. The van der Waals surface area contributed by atoms with Crippen LogP contribution in [0.4, 0.5) is 0 Å². The van der Waals surface area contributed by atoms with Gasteiger partial charge in [0.05, 0.1) is 6.61 Å². The number of ether oxygens (including phenoxy) is 1. The zero-order valence-corrected chi connectivity index (χ0v) is 13.6. The van der Waals surface area contributed by atoms with Crippen LogP contribution in [0.2, 0.25) is 0 Å². The number of nitrogens with zero attached hydrogens (tertiary/aromatic N) is 2. The maximum absolute atomic E-state index is 6.06. The van der Waals surface area contributed by atoms with Gasteiger partial charge in [0.1, 0.15) is 5.75 Å². The summed E-state index contributed by atoms with van der Waals surface area (Å²) in [6.45, 7) is 9.13. The van der Waals surface area contributed by atoms with Gasteiger partial charge in [-0.05, 0) is 38.1 Å². The van der Waals surface area contributed by atoms with Gasteiger partial charge in [0.15, 0.2) is 0 Å². The molecule has 0 aromatic heterocycles.